The average molecular weight is 367 g/mol. The second-order valence-corrected chi connectivity index (χ2v) is 6.97. The van der Waals surface area contributed by atoms with Crippen molar-refractivity contribution in [3.05, 3.63) is 33.7 Å². The fraction of sp³-hybridized carbons (Fsp3) is 0.312. The van der Waals surface area contributed by atoms with Crippen LogP contribution in [0.4, 0.5) is 4.79 Å². The number of nitrogens with zero attached hydrogens (tertiary/aromatic N) is 2. The largest absolute Gasteiger partial charge is 0.506 e. The van der Waals surface area contributed by atoms with Gasteiger partial charge in [-0.3, -0.25) is 19.3 Å². The Kier molecular flexibility index (Phi) is 4.82. The molecule has 2 fully saturated rings. The summed E-state index contributed by atoms with van der Waals surface area (Å²) < 4.78 is 0. The van der Waals surface area contributed by atoms with E-state index in [1.807, 2.05) is 0 Å². The number of phenols is 1. The van der Waals surface area contributed by atoms with E-state index in [2.05, 4.69) is 0 Å². The van der Waals surface area contributed by atoms with Crippen LogP contribution in [0.5, 0.6) is 5.75 Å². The molecular formula is C16H15ClN2O4S. The second-order valence-electron chi connectivity index (χ2n) is 5.57. The first-order valence-corrected chi connectivity index (χ1v) is 8.67. The monoisotopic (exact) mass is 366 g/mol. The number of amides is 3. The molecule has 3 rings (SSSR count). The third-order valence-electron chi connectivity index (χ3n) is 3.90. The smallest absolute Gasteiger partial charge is 0.294 e. The molecule has 0 spiro atoms. The van der Waals surface area contributed by atoms with Crippen molar-refractivity contribution in [2.24, 2.45) is 0 Å². The Hall–Kier alpha value is -1.99. The number of rotatable bonds is 3. The van der Waals surface area contributed by atoms with Gasteiger partial charge >= 0.3 is 0 Å². The number of benzene rings is 1. The predicted octanol–water partition coefficient (Wildman–Crippen LogP) is 2.70. The highest BCUT2D eigenvalue weighted by atomic mass is 35.5. The Morgan fingerprint density at radius 3 is 2.67 bits per heavy atom. The molecule has 8 heteroatoms. The highest BCUT2D eigenvalue weighted by Crippen LogP contribution is 2.33. The molecule has 2 aliphatic rings. The van der Waals surface area contributed by atoms with Gasteiger partial charge in [0.15, 0.2) is 0 Å². The van der Waals surface area contributed by atoms with E-state index >= 15 is 0 Å². The van der Waals surface area contributed by atoms with E-state index in [0.29, 0.717) is 18.7 Å². The topological polar surface area (TPSA) is 77.9 Å². The Morgan fingerprint density at radius 2 is 2.00 bits per heavy atom. The van der Waals surface area contributed by atoms with Crippen molar-refractivity contribution in [3.8, 4) is 5.75 Å². The van der Waals surface area contributed by atoms with E-state index in [4.69, 9.17) is 11.6 Å². The minimum absolute atomic E-state index is 0.0573. The first-order chi connectivity index (χ1) is 11.5. The van der Waals surface area contributed by atoms with Crippen LogP contribution in [0.15, 0.2) is 23.1 Å². The first kappa shape index (κ1) is 16.9. The van der Waals surface area contributed by atoms with E-state index in [-0.39, 0.29) is 28.1 Å². The zero-order valence-electron chi connectivity index (χ0n) is 12.7. The molecule has 0 aliphatic carbocycles. The quantitative estimate of drug-likeness (QED) is 0.832. The Labute approximate surface area is 148 Å². The van der Waals surface area contributed by atoms with Gasteiger partial charge in [-0.1, -0.05) is 17.7 Å². The van der Waals surface area contributed by atoms with Crippen LogP contribution in [0.2, 0.25) is 5.02 Å². The number of halogens is 1. The summed E-state index contributed by atoms with van der Waals surface area (Å²) >= 11 is 6.63. The molecule has 0 atom stereocenters. The summed E-state index contributed by atoms with van der Waals surface area (Å²) in [7, 11) is 0. The maximum absolute atomic E-state index is 12.4. The highest BCUT2D eigenvalue weighted by molar-refractivity contribution is 8.18. The summed E-state index contributed by atoms with van der Waals surface area (Å²) in [6.45, 7) is 1.13. The molecular weight excluding hydrogens is 352 g/mol. The molecule has 126 valence electrons. The second kappa shape index (κ2) is 6.86. The molecule has 24 heavy (non-hydrogen) atoms. The Morgan fingerprint density at radius 1 is 1.29 bits per heavy atom. The van der Waals surface area contributed by atoms with Gasteiger partial charge in [0.25, 0.3) is 11.1 Å². The molecule has 0 bridgehead atoms. The van der Waals surface area contributed by atoms with Gasteiger partial charge in [-0.05, 0) is 48.4 Å². The molecule has 3 amide bonds. The number of phenolic OH excluding ortho intramolecular Hbond substituents is 1. The van der Waals surface area contributed by atoms with Crippen LogP contribution in [0.3, 0.4) is 0 Å². The van der Waals surface area contributed by atoms with Crippen LogP contribution >= 0.6 is 23.4 Å². The van der Waals surface area contributed by atoms with Crippen LogP contribution in [-0.4, -0.2) is 51.6 Å². The highest BCUT2D eigenvalue weighted by Gasteiger charge is 2.37. The molecule has 0 aromatic heterocycles. The van der Waals surface area contributed by atoms with Gasteiger partial charge in [0, 0.05) is 13.1 Å². The van der Waals surface area contributed by atoms with Crippen LogP contribution in [0, 0.1) is 0 Å². The molecule has 0 unspecified atom stereocenters. The molecule has 2 heterocycles. The minimum atomic E-state index is -0.484. The lowest BCUT2D eigenvalue weighted by molar-refractivity contribution is -0.135. The molecule has 1 aromatic carbocycles. The SMILES string of the molecule is O=C(CN1C(=O)S/C(=C\c2ccc(O)c(Cl)c2)C1=O)N1CCCC1. The third kappa shape index (κ3) is 3.42. The number of likely N-dealkylation sites (tertiary alicyclic amines) is 1. The zero-order valence-corrected chi connectivity index (χ0v) is 14.3. The first-order valence-electron chi connectivity index (χ1n) is 7.47. The summed E-state index contributed by atoms with van der Waals surface area (Å²) in [4.78, 5) is 39.5. The van der Waals surface area contributed by atoms with Gasteiger partial charge < -0.3 is 10.0 Å². The van der Waals surface area contributed by atoms with Crippen LogP contribution < -0.4 is 0 Å². The van der Waals surface area contributed by atoms with Crippen LogP contribution in [0.1, 0.15) is 18.4 Å². The Balaban J connectivity index is 1.74. The lowest BCUT2D eigenvalue weighted by Gasteiger charge is -2.18. The molecule has 0 radical (unpaired) electrons. The van der Waals surface area contributed by atoms with E-state index < -0.39 is 11.1 Å². The minimum Gasteiger partial charge on any atom is -0.506 e. The van der Waals surface area contributed by atoms with Gasteiger partial charge in [0.05, 0.1) is 9.93 Å². The third-order valence-corrected chi connectivity index (χ3v) is 5.11. The fourth-order valence-corrected chi connectivity index (χ4v) is 3.63. The average Bonchev–Trinajstić information content (AvgIpc) is 3.16. The summed E-state index contributed by atoms with van der Waals surface area (Å²) in [6.07, 6.45) is 3.43. The number of hydrogen-bond acceptors (Lipinski definition) is 5. The fourth-order valence-electron chi connectivity index (χ4n) is 2.60. The molecule has 2 aliphatic heterocycles. The van der Waals surface area contributed by atoms with Gasteiger partial charge in [-0.2, -0.15) is 0 Å². The molecule has 1 aromatic rings. The predicted molar refractivity (Wildman–Crippen MR) is 91.6 cm³/mol. The number of hydrogen-bond donors (Lipinski definition) is 1. The van der Waals surface area contributed by atoms with Crippen molar-refractivity contribution < 1.29 is 19.5 Å². The molecule has 2 saturated heterocycles. The van der Waals surface area contributed by atoms with Crippen molar-refractivity contribution >= 4 is 46.5 Å². The number of thioether (sulfide) groups is 1. The maximum atomic E-state index is 12.4. The Bertz CT molecular complexity index is 744. The van der Waals surface area contributed by atoms with Gasteiger partial charge in [0.1, 0.15) is 12.3 Å². The summed E-state index contributed by atoms with van der Waals surface area (Å²) in [5, 5.41) is 9.12. The standard InChI is InChI=1S/C16H15ClN2O4S/c17-11-7-10(3-4-12(11)20)8-13-15(22)19(16(23)24-13)9-14(21)18-5-1-2-6-18/h3-4,7-8,20H,1-2,5-6,9H2/b13-8-. The normalized spacial score (nSPS) is 19.6. The van der Waals surface area contributed by atoms with E-state index in [1.165, 1.54) is 18.2 Å². The lowest BCUT2D eigenvalue weighted by Crippen LogP contribution is -2.40. The van der Waals surface area contributed by atoms with Crippen molar-refractivity contribution in [1.82, 2.24) is 9.80 Å². The number of imide groups is 1. The van der Waals surface area contributed by atoms with Gasteiger partial charge in [-0.15, -0.1) is 0 Å². The van der Waals surface area contributed by atoms with Gasteiger partial charge in [-0.25, -0.2) is 0 Å². The molecule has 6 nitrogen and oxygen atoms in total. The van der Waals surface area contributed by atoms with Crippen LogP contribution in [-0.2, 0) is 9.59 Å². The van der Waals surface area contributed by atoms with E-state index in [9.17, 15) is 19.5 Å². The number of carbonyl (C=O) groups is 3. The molecule has 1 N–H and O–H groups in total. The maximum Gasteiger partial charge on any atom is 0.294 e. The number of carbonyl (C=O) groups excluding carboxylic acids is 3. The van der Waals surface area contributed by atoms with E-state index in [0.717, 1.165) is 29.5 Å². The summed E-state index contributed by atoms with van der Waals surface area (Å²) in [6, 6.07) is 4.50. The van der Waals surface area contributed by atoms with Crippen LogP contribution in [0.25, 0.3) is 6.08 Å². The number of aromatic hydroxyl groups is 1. The van der Waals surface area contributed by atoms with E-state index in [1.54, 1.807) is 11.0 Å². The summed E-state index contributed by atoms with van der Waals surface area (Å²) in [5.41, 5.74) is 0.592. The molecule has 0 saturated carbocycles. The van der Waals surface area contributed by atoms with Crippen molar-refractivity contribution in [2.45, 2.75) is 12.8 Å². The van der Waals surface area contributed by atoms with Crippen molar-refractivity contribution in [3.63, 3.8) is 0 Å². The van der Waals surface area contributed by atoms with Gasteiger partial charge in [0.2, 0.25) is 5.91 Å². The zero-order chi connectivity index (χ0) is 17.3. The summed E-state index contributed by atoms with van der Waals surface area (Å²) in [5.74, 6) is -0.747. The van der Waals surface area contributed by atoms with Crippen molar-refractivity contribution in [2.75, 3.05) is 19.6 Å². The lowest BCUT2D eigenvalue weighted by atomic mass is 10.2. The van der Waals surface area contributed by atoms with Crippen molar-refractivity contribution in [1.29, 1.82) is 0 Å².